The maximum Gasteiger partial charge on any atom is 0.244 e. The Balaban J connectivity index is 1.95. The molecule has 114 valence electrons. The fourth-order valence-corrected chi connectivity index (χ4v) is 3.25. The van der Waals surface area contributed by atoms with Gasteiger partial charge >= 0.3 is 0 Å². The van der Waals surface area contributed by atoms with Crippen molar-refractivity contribution >= 4 is 27.9 Å². The van der Waals surface area contributed by atoms with Gasteiger partial charge in [0.2, 0.25) is 5.91 Å². The fraction of sp³-hybridized carbons (Fsp3) is 0.471. The normalized spacial score (nSPS) is 23.0. The third-order valence-electron chi connectivity index (χ3n) is 3.88. The van der Waals surface area contributed by atoms with Crippen LogP contribution in [0.5, 0.6) is 0 Å². The van der Waals surface area contributed by atoms with Gasteiger partial charge in [0.15, 0.2) is 0 Å². The Labute approximate surface area is 134 Å². The summed E-state index contributed by atoms with van der Waals surface area (Å²) in [6.45, 7) is 2.03. The first-order valence-corrected chi connectivity index (χ1v) is 8.28. The van der Waals surface area contributed by atoms with Crippen molar-refractivity contribution in [3.63, 3.8) is 0 Å². The Morgan fingerprint density at radius 1 is 1.33 bits per heavy atom. The van der Waals surface area contributed by atoms with Crippen LogP contribution in [-0.4, -0.2) is 23.2 Å². The first-order chi connectivity index (χ1) is 10.1. The highest BCUT2D eigenvalue weighted by Gasteiger charge is 2.22. The molecule has 2 N–H and O–H groups in total. The molecule has 2 unspecified atom stereocenters. The van der Waals surface area contributed by atoms with E-state index in [1.807, 2.05) is 25.1 Å². The number of nitrogens with one attached hydrogen (secondary N) is 1. The van der Waals surface area contributed by atoms with E-state index < -0.39 is 6.10 Å². The maximum absolute atomic E-state index is 12.0. The minimum absolute atomic E-state index is 0.119. The quantitative estimate of drug-likeness (QED) is 0.645. The largest absolute Gasteiger partial charge is 0.391 e. The summed E-state index contributed by atoms with van der Waals surface area (Å²) in [5.41, 5.74) is 2.14. The predicted octanol–water partition coefficient (Wildman–Crippen LogP) is 3.58. The average molecular weight is 352 g/mol. The molecule has 0 radical (unpaired) electrons. The third-order valence-corrected chi connectivity index (χ3v) is 4.56. The highest BCUT2D eigenvalue weighted by atomic mass is 79.9. The van der Waals surface area contributed by atoms with Gasteiger partial charge in [-0.05, 0) is 43.0 Å². The summed E-state index contributed by atoms with van der Waals surface area (Å²) in [6, 6.07) is 5.89. The van der Waals surface area contributed by atoms with Crippen LogP contribution in [0.2, 0.25) is 0 Å². The van der Waals surface area contributed by atoms with Crippen LogP contribution in [0.4, 0.5) is 0 Å². The van der Waals surface area contributed by atoms with Gasteiger partial charge in [0.05, 0.1) is 12.1 Å². The summed E-state index contributed by atoms with van der Waals surface area (Å²) in [6.07, 6.45) is 7.78. The van der Waals surface area contributed by atoms with Crippen LogP contribution >= 0.6 is 15.9 Å². The zero-order valence-corrected chi connectivity index (χ0v) is 13.9. The molecule has 0 bridgehead atoms. The Hall–Kier alpha value is -1.13. The molecule has 1 aromatic carbocycles. The van der Waals surface area contributed by atoms with Crippen LogP contribution in [0, 0.1) is 6.92 Å². The maximum atomic E-state index is 12.0. The number of amides is 1. The molecule has 1 aliphatic rings. The van der Waals surface area contributed by atoms with Gasteiger partial charge in [-0.25, -0.2) is 0 Å². The number of hydrogen-bond donors (Lipinski definition) is 2. The van der Waals surface area contributed by atoms with Gasteiger partial charge in [0, 0.05) is 10.5 Å². The van der Waals surface area contributed by atoms with E-state index in [9.17, 15) is 9.90 Å². The number of aliphatic hydroxyl groups is 1. The molecular weight excluding hydrogens is 330 g/mol. The van der Waals surface area contributed by atoms with E-state index in [-0.39, 0.29) is 11.9 Å². The molecule has 0 aliphatic heterocycles. The van der Waals surface area contributed by atoms with E-state index in [0.717, 1.165) is 42.1 Å². The number of carbonyl (C=O) groups is 1. The first kappa shape index (κ1) is 16.2. The Bertz CT molecular complexity index is 528. The van der Waals surface area contributed by atoms with Crippen molar-refractivity contribution in [2.75, 3.05) is 0 Å². The molecule has 1 saturated carbocycles. The predicted molar refractivity (Wildman–Crippen MR) is 88.9 cm³/mol. The lowest BCUT2D eigenvalue weighted by Crippen LogP contribution is -2.41. The summed E-state index contributed by atoms with van der Waals surface area (Å²) < 4.78 is 0.973. The molecular formula is C17H22BrNO2. The molecule has 0 heterocycles. The van der Waals surface area contributed by atoms with Crippen molar-refractivity contribution in [1.29, 1.82) is 0 Å². The number of carbonyl (C=O) groups excluding carboxylic acids is 1. The smallest absolute Gasteiger partial charge is 0.244 e. The van der Waals surface area contributed by atoms with Crippen LogP contribution in [0.25, 0.3) is 6.08 Å². The van der Waals surface area contributed by atoms with E-state index in [0.29, 0.717) is 0 Å². The van der Waals surface area contributed by atoms with Gasteiger partial charge < -0.3 is 10.4 Å². The zero-order valence-electron chi connectivity index (χ0n) is 12.3. The molecule has 0 spiro atoms. The minimum Gasteiger partial charge on any atom is -0.391 e. The van der Waals surface area contributed by atoms with E-state index >= 15 is 0 Å². The van der Waals surface area contributed by atoms with Crippen LogP contribution in [0.1, 0.15) is 43.2 Å². The molecule has 0 aromatic heterocycles. The molecule has 1 aliphatic carbocycles. The number of hydrogen-bond acceptors (Lipinski definition) is 2. The minimum atomic E-state index is -0.420. The van der Waals surface area contributed by atoms with E-state index in [1.54, 1.807) is 6.08 Å². The summed E-state index contributed by atoms with van der Waals surface area (Å²) in [4.78, 5) is 12.0. The van der Waals surface area contributed by atoms with Gasteiger partial charge in [-0.2, -0.15) is 0 Å². The molecule has 3 nitrogen and oxygen atoms in total. The molecule has 2 rings (SSSR count). The summed E-state index contributed by atoms with van der Waals surface area (Å²) in [5, 5.41) is 12.9. The Morgan fingerprint density at radius 2 is 2.10 bits per heavy atom. The second kappa shape index (κ2) is 7.76. The zero-order chi connectivity index (χ0) is 15.2. The number of rotatable bonds is 3. The monoisotopic (exact) mass is 351 g/mol. The van der Waals surface area contributed by atoms with Gasteiger partial charge in [-0.1, -0.05) is 47.3 Å². The lowest BCUT2D eigenvalue weighted by Gasteiger charge is -2.20. The van der Waals surface area contributed by atoms with Crippen molar-refractivity contribution < 1.29 is 9.90 Å². The van der Waals surface area contributed by atoms with Crippen molar-refractivity contribution in [3.8, 4) is 0 Å². The SMILES string of the molecule is Cc1ccc(/C=C/C(=O)NC2CCCCCC2O)c(Br)c1. The molecule has 1 aromatic rings. The summed E-state index contributed by atoms with van der Waals surface area (Å²) >= 11 is 3.49. The average Bonchev–Trinajstić information content (AvgIpc) is 2.63. The Morgan fingerprint density at radius 3 is 2.86 bits per heavy atom. The number of aliphatic hydroxyl groups excluding tert-OH is 1. The van der Waals surface area contributed by atoms with Gasteiger partial charge in [-0.15, -0.1) is 0 Å². The summed E-state index contributed by atoms with van der Waals surface area (Å²) in [7, 11) is 0. The number of benzene rings is 1. The van der Waals surface area contributed by atoms with Crippen LogP contribution in [-0.2, 0) is 4.79 Å². The topological polar surface area (TPSA) is 49.3 Å². The molecule has 0 saturated heterocycles. The molecule has 4 heteroatoms. The number of halogens is 1. The van der Waals surface area contributed by atoms with Crippen molar-refractivity contribution in [3.05, 3.63) is 39.9 Å². The van der Waals surface area contributed by atoms with E-state index in [2.05, 4.69) is 21.2 Å². The van der Waals surface area contributed by atoms with Crippen LogP contribution in [0.3, 0.4) is 0 Å². The van der Waals surface area contributed by atoms with Crippen LogP contribution < -0.4 is 5.32 Å². The van der Waals surface area contributed by atoms with Crippen LogP contribution in [0.15, 0.2) is 28.7 Å². The van der Waals surface area contributed by atoms with Crippen molar-refractivity contribution in [2.45, 2.75) is 51.2 Å². The highest BCUT2D eigenvalue weighted by Crippen LogP contribution is 2.20. The lowest BCUT2D eigenvalue weighted by atomic mass is 10.1. The molecule has 2 atom stereocenters. The standard InChI is InChI=1S/C17H22BrNO2/c1-12-7-8-13(14(18)11-12)9-10-17(21)19-15-5-3-2-4-6-16(15)20/h7-11,15-16,20H,2-6H2,1H3,(H,19,21)/b10-9+. The first-order valence-electron chi connectivity index (χ1n) is 7.49. The summed E-state index contributed by atoms with van der Waals surface area (Å²) in [5.74, 6) is -0.145. The van der Waals surface area contributed by atoms with Gasteiger partial charge in [0.25, 0.3) is 0 Å². The van der Waals surface area contributed by atoms with Crippen molar-refractivity contribution in [2.24, 2.45) is 0 Å². The Kier molecular flexibility index (Phi) is 6.00. The second-order valence-electron chi connectivity index (χ2n) is 5.68. The second-order valence-corrected chi connectivity index (χ2v) is 6.53. The molecule has 1 fully saturated rings. The van der Waals surface area contributed by atoms with Gasteiger partial charge in [0.1, 0.15) is 0 Å². The van der Waals surface area contributed by atoms with E-state index in [4.69, 9.17) is 0 Å². The number of aryl methyl sites for hydroxylation is 1. The molecule has 21 heavy (non-hydrogen) atoms. The van der Waals surface area contributed by atoms with E-state index in [1.165, 1.54) is 11.6 Å². The van der Waals surface area contributed by atoms with Gasteiger partial charge in [-0.3, -0.25) is 4.79 Å². The fourth-order valence-electron chi connectivity index (χ4n) is 2.62. The molecule has 1 amide bonds. The highest BCUT2D eigenvalue weighted by molar-refractivity contribution is 9.10. The lowest BCUT2D eigenvalue weighted by molar-refractivity contribution is -0.118. The third kappa shape index (κ3) is 4.97. The van der Waals surface area contributed by atoms with Crippen molar-refractivity contribution in [1.82, 2.24) is 5.32 Å².